The Balaban J connectivity index is -0.0000000369. The van der Waals surface area contributed by atoms with Gasteiger partial charge in [0.05, 0.1) is 0 Å². The quantitative estimate of drug-likeness (QED) is 0.217. The Morgan fingerprint density at radius 2 is 0.696 bits per heavy atom. The van der Waals surface area contributed by atoms with Gasteiger partial charge < -0.3 is 2.85 Å². The van der Waals surface area contributed by atoms with Crippen LogP contribution >= 0.6 is 0 Å². The minimum Gasteiger partial charge on any atom is -1.00 e. The zero-order valence-electron chi connectivity index (χ0n) is 12.7. The van der Waals surface area contributed by atoms with Crippen molar-refractivity contribution < 1.29 is 101 Å². The largest absolute Gasteiger partial charge is 1.00 e. The van der Waals surface area contributed by atoms with Gasteiger partial charge >= 0.3 is 102 Å². The maximum absolute atomic E-state index is 9.89. The Morgan fingerprint density at radius 3 is 0.696 bits per heavy atom. The maximum Gasteiger partial charge on any atom is 1.00 e. The maximum atomic E-state index is 9.89. The SMILES string of the molecule is F[As](F)(F)(F)F.F[As](F)(F)(F)F.O=S(=O)(O)CS(=O)(=O)O.[H-].[H-].[Li+].[Li+]. The van der Waals surface area contributed by atoms with Crippen LogP contribution in [0.2, 0.25) is 0 Å². The minimum atomic E-state index is -8.99. The van der Waals surface area contributed by atoms with Crippen molar-refractivity contribution in [2.24, 2.45) is 0 Å². The van der Waals surface area contributed by atoms with E-state index in [0.29, 0.717) is 0 Å². The molecule has 0 heterocycles. The molecule has 0 bridgehead atoms. The van der Waals surface area contributed by atoms with Crippen LogP contribution in [-0.2, 0) is 20.2 Å². The van der Waals surface area contributed by atoms with Gasteiger partial charge in [0.15, 0.2) is 0 Å². The summed E-state index contributed by atoms with van der Waals surface area (Å²) in [5, 5.41) is -1.65. The fourth-order valence-electron chi connectivity index (χ4n) is 0.188. The van der Waals surface area contributed by atoms with Crippen LogP contribution in [0, 0.1) is 0 Å². The molecule has 0 rings (SSSR count). The van der Waals surface area contributed by atoms with Crippen LogP contribution < -0.4 is 37.7 Å². The van der Waals surface area contributed by atoms with Crippen molar-refractivity contribution in [3.05, 3.63) is 0 Å². The molecule has 22 heteroatoms. The van der Waals surface area contributed by atoms with E-state index in [1.807, 2.05) is 0 Å². The summed E-state index contributed by atoms with van der Waals surface area (Å²) in [7, 11) is -9.24. The van der Waals surface area contributed by atoms with Crippen LogP contribution in [-0.4, -0.2) is 60.6 Å². The van der Waals surface area contributed by atoms with Gasteiger partial charge in [0, 0.05) is 0 Å². The zero-order chi connectivity index (χ0) is 18.6. The molecule has 140 valence electrons. The second-order valence-corrected chi connectivity index (χ2v) is 11.2. The van der Waals surface area contributed by atoms with Gasteiger partial charge in [0.25, 0.3) is 20.2 Å². The molecule has 6 nitrogen and oxygen atoms in total. The Kier molecular flexibility index (Phi) is 15.4. The van der Waals surface area contributed by atoms with Crippen molar-refractivity contribution >= 4 is 49.8 Å². The normalized spacial score (nSPS) is 15.3. The molecule has 0 aliphatic carbocycles. The summed E-state index contributed by atoms with van der Waals surface area (Å²) in [6, 6.07) is 0. The van der Waals surface area contributed by atoms with Crippen molar-refractivity contribution in [2.75, 3.05) is 5.08 Å². The van der Waals surface area contributed by atoms with Gasteiger partial charge in [-0.25, -0.2) is 0 Å². The third kappa shape index (κ3) is 195. The summed E-state index contributed by atoms with van der Waals surface area (Å²) >= 11 is -18.0. The number of rotatable bonds is 2. The van der Waals surface area contributed by atoms with E-state index in [-0.39, 0.29) is 40.6 Å². The van der Waals surface area contributed by atoms with Crippen molar-refractivity contribution in [2.45, 2.75) is 0 Å². The van der Waals surface area contributed by atoms with Gasteiger partial charge in [0.1, 0.15) is 0 Å². The number of halogens is 10. The molecule has 0 aliphatic rings. The van der Waals surface area contributed by atoms with E-state index in [1.165, 1.54) is 0 Å². The Hall–Kier alpha value is 1.43. The second-order valence-electron chi connectivity index (χ2n) is 2.56. The van der Waals surface area contributed by atoms with E-state index in [4.69, 9.17) is 9.11 Å². The Bertz CT molecular complexity index is 470. The van der Waals surface area contributed by atoms with Gasteiger partial charge in [-0.15, -0.1) is 0 Å². The van der Waals surface area contributed by atoms with Crippen LogP contribution in [0.4, 0.5) is 34.7 Å². The number of hydrogen-bond acceptors (Lipinski definition) is 4. The first-order valence-corrected chi connectivity index (χ1v) is 13.6. The first kappa shape index (κ1) is 35.5. The predicted octanol–water partition coefficient (Wildman–Crippen LogP) is -3.61. The summed E-state index contributed by atoms with van der Waals surface area (Å²) in [4.78, 5) is 0. The fraction of sp³-hybridized carbons (Fsp3) is 1.00. The van der Waals surface area contributed by atoms with Crippen LogP contribution in [0.3, 0.4) is 0 Å². The molecule has 0 aliphatic heterocycles. The molecule has 0 aromatic carbocycles. The molecule has 0 atom stereocenters. The molecule has 0 radical (unpaired) electrons. The van der Waals surface area contributed by atoms with E-state index < -0.39 is 54.9 Å². The van der Waals surface area contributed by atoms with E-state index in [9.17, 15) is 51.5 Å². The molecule has 2 N–H and O–H groups in total. The molecule has 23 heavy (non-hydrogen) atoms. The van der Waals surface area contributed by atoms with Crippen LogP contribution in [0.5, 0.6) is 0 Å². The molecule has 0 saturated heterocycles. The molecular formula is CH6As2F10Li2O6S2. The van der Waals surface area contributed by atoms with Crippen molar-refractivity contribution in [1.29, 1.82) is 0 Å². The van der Waals surface area contributed by atoms with Crippen molar-refractivity contribution in [3.63, 3.8) is 0 Å². The smallest absolute Gasteiger partial charge is 1.00 e. The molecule has 0 aromatic rings. The summed E-state index contributed by atoms with van der Waals surface area (Å²) in [5.74, 6) is 0. The zero-order valence-corrected chi connectivity index (χ0v) is 16.1. The van der Waals surface area contributed by atoms with Gasteiger partial charge in [-0.1, -0.05) is 0 Å². The van der Waals surface area contributed by atoms with Crippen LogP contribution in [0.25, 0.3) is 0 Å². The summed E-state index contributed by atoms with van der Waals surface area (Å²) in [6.45, 7) is 0. The third-order valence-electron chi connectivity index (χ3n) is 0.298. The van der Waals surface area contributed by atoms with E-state index in [1.54, 1.807) is 0 Å². The molecule has 0 unspecified atom stereocenters. The average molecular weight is 532 g/mol. The molecule has 0 spiro atoms. The van der Waals surface area contributed by atoms with Crippen LogP contribution in [0.1, 0.15) is 2.85 Å². The Morgan fingerprint density at radius 1 is 0.609 bits per heavy atom. The molecule has 0 aromatic heterocycles. The van der Waals surface area contributed by atoms with Gasteiger partial charge in [0.2, 0.25) is 5.08 Å². The van der Waals surface area contributed by atoms with Crippen molar-refractivity contribution in [1.82, 2.24) is 0 Å². The fourth-order valence-corrected chi connectivity index (χ4v) is 1.69. The van der Waals surface area contributed by atoms with Gasteiger partial charge in [-0.2, -0.15) is 16.8 Å². The first-order chi connectivity index (χ1) is 8.18. The van der Waals surface area contributed by atoms with E-state index >= 15 is 0 Å². The van der Waals surface area contributed by atoms with E-state index in [2.05, 4.69) is 0 Å². The molecular weight excluding hydrogens is 526 g/mol. The first-order valence-electron chi connectivity index (χ1n) is 3.30. The average Bonchev–Trinajstić information content (AvgIpc) is 1.57. The minimum absolute atomic E-state index is 0. The topological polar surface area (TPSA) is 109 Å². The molecule has 0 fully saturated rings. The van der Waals surface area contributed by atoms with Crippen molar-refractivity contribution in [3.8, 4) is 0 Å². The molecule has 0 amide bonds. The summed E-state index contributed by atoms with van der Waals surface area (Å²) < 4.78 is 153. The number of hydrogen-bond donors (Lipinski definition) is 2. The van der Waals surface area contributed by atoms with E-state index in [0.717, 1.165) is 0 Å². The van der Waals surface area contributed by atoms with Gasteiger partial charge in [-0.05, 0) is 0 Å². The monoisotopic (exact) mass is 532 g/mol. The Labute approximate surface area is 155 Å². The summed E-state index contributed by atoms with van der Waals surface area (Å²) in [6.07, 6.45) is 0. The van der Waals surface area contributed by atoms with Gasteiger partial charge in [-0.3, -0.25) is 9.11 Å². The molecule has 0 saturated carbocycles. The summed E-state index contributed by atoms with van der Waals surface area (Å²) in [5.41, 5.74) is 0. The third-order valence-corrected chi connectivity index (χ3v) is 2.68. The standard InChI is InChI=1S/CH4O6S2.2AsF5.2Li.2H/c2-8(3,4)1-9(5,6)7;2*2-1(3,4,5)6;;;;/h1H2,(H,2,3,4)(H,5,6,7);;;;;;/q;;;2*+1;2*-1. The second kappa shape index (κ2) is 9.95. The predicted molar refractivity (Wildman–Crippen MR) is 52.8 cm³/mol. The van der Waals surface area contributed by atoms with Crippen LogP contribution in [0.15, 0.2) is 0 Å².